The fourth-order valence-electron chi connectivity index (χ4n) is 3.86. The van der Waals surface area contributed by atoms with E-state index in [9.17, 15) is 4.79 Å². The molecule has 0 aliphatic carbocycles. The highest BCUT2D eigenvalue weighted by molar-refractivity contribution is 5.97. The van der Waals surface area contributed by atoms with E-state index < -0.39 is 0 Å². The van der Waals surface area contributed by atoms with E-state index in [0.717, 1.165) is 74.6 Å². The molecule has 4 rings (SSSR count). The van der Waals surface area contributed by atoms with Crippen molar-refractivity contribution in [1.82, 2.24) is 24.8 Å². The molecule has 4 heterocycles. The summed E-state index contributed by atoms with van der Waals surface area (Å²) >= 11 is 0. The third kappa shape index (κ3) is 3.11. The third-order valence-electron chi connectivity index (χ3n) is 5.36. The number of aromatic nitrogens is 3. The number of hydrogen-bond donors (Lipinski definition) is 0. The van der Waals surface area contributed by atoms with Gasteiger partial charge >= 0.3 is 0 Å². The minimum Gasteiger partial charge on any atom is -0.356 e. The highest BCUT2D eigenvalue weighted by Crippen LogP contribution is 2.29. The number of carbonyl (C=O) groups is 1. The highest BCUT2D eigenvalue weighted by atomic mass is 16.2. The molecule has 1 amide bonds. The smallest absolute Gasteiger partial charge is 0.291 e. The van der Waals surface area contributed by atoms with Gasteiger partial charge in [0.05, 0.1) is 5.39 Å². The summed E-state index contributed by atoms with van der Waals surface area (Å²) in [6, 6.07) is 2.06. The summed E-state index contributed by atoms with van der Waals surface area (Å²) in [5.74, 6) is 1.07. The monoisotopic (exact) mass is 354 g/mol. The molecule has 0 unspecified atom stereocenters. The Labute approximate surface area is 154 Å². The average molecular weight is 354 g/mol. The fourth-order valence-corrected chi connectivity index (χ4v) is 3.86. The van der Waals surface area contributed by atoms with Crippen molar-refractivity contribution >= 4 is 22.8 Å². The van der Waals surface area contributed by atoms with Crippen molar-refractivity contribution in [3.63, 3.8) is 0 Å². The maximum absolute atomic E-state index is 13.0. The predicted molar refractivity (Wildman–Crippen MR) is 102 cm³/mol. The normalized spacial score (nSPS) is 18.7. The number of aryl methyl sites for hydroxylation is 2. The molecule has 2 aliphatic rings. The lowest BCUT2D eigenvalue weighted by atomic mass is 10.1. The SMILES string of the molecule is Cc1cc(C)c2c(N3CCCC3)nc(C(=O)N3CCN(C)CC3)nc2n1. The molecular weight excluding hydrogens is 328 g/mol. The lowest BCUT2D eigenvalue weighted by Gasteiger charge is -2.32. The van der Waals surface area contributed by atoms with E-state index in [1.807, 2.05) is 11.8 Å². The van der Waals surface area contributed by atoms with Crippen molar-refractivity contribution in [1.29, 1.82) is 0 Å². The molecule has 2 saturated heterocycles. The zero-order valence-electron chi connectivity index (χ0n) is 15.8. The number of rotatable bonds is 2. The van der Waals surface area contributed by atoms with Gasteiger partial charge in [0, 0.05) is 45.0 Å². The molecule has 0 atom stereocenters. The number of carbonyl (C=O) groups excluding carboxylic acids is 1. The summed E-state index contributed by atoms with van der Waals surface area (Å²) in [5, 5.41) is 0.979. The van der Waals surface area contributed by atoms with E-state index in [0.29, 0.717) is 5.65 Å². The van der Waals surface area contributed by atoms with Crippen molar-refractivity contribution in [2.45, 2.75) is 26.7 Å². The van der Waals surface area contributed by atoms with Gasteiger partial charge in [-0.25, -0.2) is 15.0 Å². The zero-order valence-corrected chi connectivity index (χ0v) is 15.8. The lowest BCUT2D eigenvalue weighted by molar-refractivity contribution is 0.0652. The van der Waals surface area contributed by atoms with E-state index in [1.165, 1.54) is 0 Å². The summed E-state index contributed by atoms with van der Waals surface area (Å²) < 4.78 is 0. The molecule has 2 aromatic heterocycles. The van der Waals surface area contributed by atoms with Gasteiger partial charge in [-0.05, 0) is 45.4 Å². The largest absolute Gasteiger partial charge is 0.356 e. The van der Waals surface area contributed by atoms with Gasteiger partial charge in [-0.15, -0.1) is 0 Å². The number of pyridine rings is 1. The first kappa shape index (κ1) is 17.1. The molecule has 0 radical (unpaired) electrons. The minimum absolute atomic E-state index is 0.0820. The molecule has 0 spiro atoms. The molecule has 2 aromatic rings. The molecule has 0 N–H and O–H groups in total. The average Bonchev–Trinajstić information content (AvgIpc) is 3.15. The maximum Gasteiger partial charge on any atom is 0.291 e. The molecule has 0 bridgehead atoms. The highest BCUT2D eigenvalue weighted by Gasteiger charge is 2.26. The number of nitrogens with zero attached hydrogens (tertiary/aromatic N) is 6. The van der Waals surface area contributed by atoms with Crippen LogP contribution >= 0.6 is 0 Å². The van der Waals surface area contributed by atoms with Gasteiger partial charge in [0.25, 0.3) is 5.91 Å². The van der Waals surface area contributed by atoms with Crippen LogP contribution in [-0.4, -0.2) is 77.0 Å². The van der Waals surface area contributed by atoms with Crippen LogP contribution in [0.1, 0.15) is 34.7 Å². The number of hydrogen-bond acceptors (Lipinski definition) is 6. The number of likely N-dealkylation sites (N-methyl/N-ethyl adjacent to an activating group) is 1. The van der Waals surface area contributed by atoms with Gasteiger partial charge in [0.1, 0.15) is 5.82 Å². The van der Waals surface area contributed by atoms with Gasteiger partial charge in [0.2, 0.25) is 5.82 Å². The van der Waals surface area contributed by atoms with Crippen molar-refractivity contribution in [2.24, 2.45) is 0 Å². The van der Waals surface area contributed by atoms with Crippen LogP contribution in [0, 0.1) is 13.8 Å². The summed E-state index contributed by atoms with van der Waals surface area (Å²) in [5.41, 5.74) is 2.67. The summed E-state index contributed by atoms with van der Waals surface area (Å²) in [6.07, 6.45) is 2.32. The summed E-state index contributed by atoms with van der Waals surface area (Å²) in [6.45, 7) is 9.19. The minimum atomic E-state index is -0.0820. The van der Waals surface area contributed by atoms with Gasteiger partial charge in [-0.1, -0.05) is 0 Å². The van der Waals surface area contributed by atoms with Crippen LogP contribution in [0.3, 0.4) is 0 Å². The van der Waals surface area contributed by atoms with Gasteiger partial charge in [-0.3, -0.25) is 4.79 Å². The van der Waals surface area contributed by atoms with E-state index in [-0.39, 0.29) is 11.7 Å². The van der Waals surface area contributed by atoms with Crippen molar-refractivity contribution in [2.75, 3.05) is 51.2 Å². The van der Waals surface area contributed by atoms with Crippen LogP contribution in [0.2, 0.25) is 0 Å². The Bertz CT molecular complexity index is 838. The second-order valence-corrected chi connectivity index (χ2v) is 7.44. The molecule has 26 heavy (non-hydrogen) atoms. The van der Waals surface area contributed by atoms with E-state index in [2.05, 4.69) is 39.8 Å². The Balaban J connectivity index is 1.79. The number of fused-ring (bicyclic) bond motifs is 1. The summed E-state index contributed by atoms with van der Waals surface area (Å²) in [4.78, 5) is 33.3. The fraction of sp³-hybridized carbons (Fsp3) is 0.579. The number of piperazine rings is 1. The van der Waals surface area contributed by atoms with Crippen LogP contribution in [0.5, 0.6) is 0 Å². The van der Waals surface area contributed by atoms with Crippen LogP contribution in [0.25, 0.3) is 11.0 Å². The van der Waals surface area contributed by atoms with E-state index in [1.54, 1.807) is 0 Å². The molecular formula is C19H26N6O. The Morgan fingerprint density at radius 1 is 0.962 bits per heavy atom. The quantitative estimate of drug-likeness (QED) is 0.817. The number of anilines is 1. The van der Waals surface area contributed by atoms with Crippen molar-refractivity contribution < 1.29 is 4.79 Å². The second kappa shape index (κ2) is 6.79. The summed E-state index contributed by atoms with van der Waals surface area (Å²) in [7, 11) is 2.08. The Hall–Kier alpha value is -2.28. The molecule has 2 aliphatic heterocycles. The maximum atomic E-state index is 13.0. The van der Waals surface area contributed by atoms with E-state index >= 15 is 0 Å². The molecule has 7 heteroatoms. The molecule has 138 valence electrons. The van der Waals surface area contributed by atoms with E-state index in [4.69, 9.17) is 4.98 Å². The standard InChI is InChI=1S/C19H26N6O/c1-13-12-14(2)20-16-15(13)18(24-6-4-5-7-24)22-17(21-16)19(26)25-10-8-23(3)9-11-25/h12H,4-11H2,1-3H3. The van der Waals surface area contributed by atoms with Crippen LogP contribution in [0.15, 0.2) is 6.07 Å². The molecule has 2 fully saturated rings. The van der Waals surface area contributed by atoms with Gasteiger partial charge < -0.3 is 14.7 Å². The first-order chi connectivity index (χ1) is 12.5. The van der Waals surface area contributed by atoms with Crippen LogP contribution < -0.4 is 4.90 Å². The first-order valence-electron chi connectivity index (χ1n) is 9.41. The Kier molecular flexibility index (Phi) is 4.48. The molecule has 0 aromatic carbocycles. The zero-order chi connectivity index (χ0) is 18.3. The second-order valence-electron chi connectivity index (χ2n) is 7.44. The van der Waals surface area contributed by atoms with Crippen molar-refractivity contribution in [3.05, 3.63) is 23.1 Å². The topological polar surface area (TPSA) is 65.5 Å². The lowest BCUT2D eigenvalue weighted by Crippen LogP contribution is -2.47. The third-order valence-corrected chi connectivity index (χ3v) is 5.36. The van der Waals surface area contributed by atoms with Crippen LogP contribution in [0.4, 0.5) is 5.82 Å². The molecule has 7 nitrogen and oxygen atoms in total. The van der Waals surface area contributed by atoms with Gasteiger partial charge in [-0.2, -0.15) is 0 Å². The Morgan fingerprint density at radius 2 is 1.65 bits per heavy atom. The molecule has 0 saturated carbocycles. The predicted octanol–water partition coefficient (Wildman–Crippen LogP) is 1.63. The van der Waals surface area contributed by atoms with Crippen LogP contribution in [-0.2, 0) is 0 Å². The number of amides is 1. The van der Waals surface area contributed by atoms with Gasteiger partial charge in [0.15, 0.2) is 5.65 Å². The van der Waals surface area contributed by atoms with Crippen molar-refractivity contribution in [3.8, 4) is 0 Å². The first-order valence-corrected chi connectivity index (χ1v) is 9.41. The Morgan fingerprint density at radius 3 is 2.35 bits per heavy atom.